The Labute approximate surface area is 112 Å². The lowest BCUT2D eigenvalue weighted by atomic mass is 9.98. The molecule has 1 aromatic heterocycles. The molecule has 0 aliphatic carbocycles. The summed E-state index contributed by atoms with van der Waals surface area (Å²) >= 11 is 3.70. The van der Waals surface area contributed by atoms with Crippen molar-refractivity contribution in [3.05, 3.63) is 10.2 Å². The molecule has 2 rings (SSSR count). The number of rotatable bonds is 3. The lowest BCUT2D eigenvalue weighted by molar-refractivity contribution is 0.311. The Morgan fingerprint density at radius 3 is 2.82 bits per heavy atom. The third kappa shape index (κ3) is 2.37. The molecule has 0 bridgehead atoms. The predicted molar refractivity (Wildman–Crippen MR) is 75.5 cm³/mol. The van der Waals surface area contributed by atoms with E-state index in [1.165, 1.54) is 11.5 Å². The maximum absolute atomic E-state index is 4.80. The summed E-state index contributed by atoms with van der Waals surface area (Å²) in [4.78, 5) is 0. The van der Waals surface area contributed by atoms with Crippen molar-refractivity contribution in [2.45, 2.75) is 46.6 Å². The molecule has 4 heteroatoms. The number of hydrogen-bond donors (Lipinski definition) is 1. The van der Waals surface area contributed by atoms with Gasteiger partial charge in [-0.2, -0.15) is 5.10 Å². The molecule has 0 radical (unpaired) electrons. The third-order valence-electron chi connectivity index (χ3n) is 3.50. The van der Waals surface area contributed by atoms with E-state index < -0.39 is 0 Å². The minimum atomic E-state index is 0.531. The first kappa shape index (κ1) is 12.9. The summed E-state index contributed by atoms with van der Waals surface area (Å²) in [5, 5.41) is 8.29. The minimum absolute atomic E-state index is 0.531. The second kappa shape index (κ2) is 5.01. The highest BCUT2D eigenvalue weighted by Gasteiger charge is 2.29. The molecule has 0 saturated carbocycles. The fraction of sp³-hybridized carbons (Fsp3) is 0.769. The minimum Gasteiger partial charge on any atom is -0.369 e. The topological polar surface area (TPSA) is 29.9 Å². The zero-order valence-electron chi connectivity index (χ0n) is 11.1. The van der Waals surface area contributed by atoms with Crippen LogP contribution in [0.5, 0.6) is 0 Å². The molecule has 17 heavy (non-hydrogen) atoms. The number of nitrogens with one attached hydrogen (secondary N) is 1. The van der Waals surface area contributed by atoms with E-state index in [1.54, 1.807) is 0 Å². The summed E-state index contributed by atoms with van der Waals surface area (Å²) in [6.07, 6.45) is 2.18. The number of fused-ring (bicyclic) bond motifs is 1. The summed E-state index contributed by atoms with van der Waals surface area (Å²) in [6.45, 7) is 10.1. The maximum Gasteiger partial charge on any atom is 0.139 e. The SMILES string of the molecule is CCC1C(C)CNc2c(Br)c(CC(C)C)nn21. The summed E-state index contributed by atoms with van der Waals surface area (Å²) in [5.74, 6) is 2.46. The fourth-order valence-corrected chi connectivity index (χ4v) is 3.15. The van der Waals surface area contributed by atoms with Crippen LogP contribution in [0.4, 0.5) is 5.82 Å². The summed E-state index contributed by atoms with van der Waals surface area (Å²) < 4.78 is 3.35. The number of nitrogens with zero attached hydrogens (tertiary/aromatic N) is 2. The van der Waals surface area contributed by atoms with E-state index in [4.69, 9.17) is 5.10 Å². The van der Waals surface area contributed by atoms with E-state index in [0.717, 1.165) is 23.9 Å². The quantitative estimate of drug-likeness (QED) is 0.918. The van der Waals surface area contributed by atoms with Gasteiger partial charge in [0.05, 0.1) is 16.2 Å². The van der Waals surface area contributed by atoms with E-state index in [1.807, 2.05) is 0 Å². The van der Waals surface area contributed by atoms with Crippen LogP contribution in [0.15, 0.2) is 4.47 Å². The van der Waals surface area contributed by atoms with Crippen LogP contribution in [0.1, 0.15) is 45.9 Å². The zero-order valence-corrected chi connectivity index (χ0v) is 12.7. The van der Waals surface area contributed by atoms with Gasteiger partial charge in [0.15, 0.2) is 0 Å². The van der Waals surface area contributed by atoms with Crippen LogP contribution in [-0.4, -0.2) is 16.3 Å². The summed E-state index contributed by atoms with van der Waals surface area (Å²) in [5.41, 5.74) is 1.19. The lowest BCUT2D eigenvalue weighted by Gasteiger charge is -2.30. The number of aromatic nitrogens is 2. The van der Waals surface area contributed by atoms with Gasteiger partial charge >= 0.3 is 0 Å². The number of anilines is 1. The monoisotopic (exact) mass is 299 g/mol. The van der Waals surface area contributed by atoms with E-state index >= 15 is 0 Å². The Kier molecular flexibility index (Phi) is 3.81. The Morgan fingerprint density at radius 1 is 1.53 bits per heavy atom. The lowest BCUT2D eigenvalue weighted by Crippen LogP contribution is -2.31. The Balaban J connectivity index is 2.37. The molecule has 0 aromatic carbocycles. The standard InChI is InChI=1S/C13H22BrN3/c1-5-11-9(4)7-15-13-12(14)10(6-8(2)3)16-17(11)13/h8-9,11,15H,5-7H2,1-4H3. The average molecular weight is 300 g/mol. The van der Waals surface area contributed by atoms with Gasteiger partial charge in [-0.1, -0.05) is 27.7 Å². The fourth-order valence-electron chi connectivity index (χ4n) is 2.59. The summed E-state index contributed by atoms with van der Waals surface area (Å²) in [7, 11) is 0. The van der Waals surface area contributed by atoms with Crippen molar-refractivity contribution in [2.75, 3.05) is 11.9 Å². The third-order valence-corrected chi connectivity index (χ3v) is 4.33. The van der Waals surface area contributed by atoms with Crippen molar-refractivity contribution in [1.82, 2.24) is 9.78 Å². The van der Waals surface area contributed by atoms with Gasteiger partial charge in [-0.3, -0.25) is 0 Å². The number of hydrogen-bond acceptors (Lipinski definition) is 2. The average Bonchev–Trinajstić information content (AvgIpc) is 2.55. The molecule has 1 aliphatic rings. The van der Waals surface area contributed by atoms with E-state index in [-0.39, 0.29) is 0 Å². The van der Waals surface area contributed by atoms with Crippen molar-refractivity contribution in [3.8, 4) is 0 Å². The number of halogens is 1. The van der Waals surface area contributed by atoms with Crippen LogP contribution in [0.25, 0.3) is 0 Å². The molecule has 0 amide bonds. The molecule has 2 unspecified atom stereocenters. The van der Waals surface area contributed by atoms with Crippen molar-refractivity contribution in [1.29, 1.82) is 0 Å². The molecule has 1 aliphatic heterocycles. The van der Waals surface area contributed by atoms with Gasteiger partial charge in [-0.15, -0.1) is 0 Å². The Morgan fingerprint density at radius 2 is 2.24 bits per heavy atom. The van der Waals surface area contributed by atoms with Crippen molar-refractivity contribution >= 4 is 21.7 Å². The Hall–Kier alpha value is -0.510. The van der Waals surface area contributed by atoms with Gasteiger partial charge in [0, 0.05) is 6.54 Å². The van der Waals surface area contributed by atoms with Crippen molar-refractivity contribution in [2.24, 2.45) is 11.8 Å². The molecule has 0 spiro atoms. The first-order valence-electron chi connectivity index (χ1n) is 6.55. The maximum atomic E-state index is 4.80. The molecular weight excluding hydrogens is 278 g/mol. The van der Waals surface area contributed by atoms with E-state index in [9.17, 15) is 0 Å². The highest BCUT2D eigenvalue weighted by atomic mass is 79.9. The van der Waals surface area contributed by atoms with Crippen LogP contribution in [0.2, 0.25) is 0 Å². The van der Waals surface area contributed by atoms with E-state index in [0.29, 0.717) is 17.9 Å². The van der Waals surface area contributed by atoms with Crippen LogP contribution in [0.3, 0.4) is 0 Å². The van der Waals surface area contributed by atoms with Crippen LogP contribution in [0, 0.1) is 11.8 Å². The molecular formula is C13H22BrN3. The van der Waals surface area contributed by atoms with Gasteiger partial charge in [-0.25, -0.2) is 4.68 Å². The van der Waals surface area contributed by atoms with Crippen LogP contribution >= 0.6 is 15.9 Å². The summed E-state index contributed by atoms with van der Waals surface area (Å²) in [6, 6.07) is 0.531. The normalized spacial score (nSPS) is 23.6. The largest absolute Gasteiger partial charge is 0.369 e. The van der Waals surface area contributed by atoms with Crippen molar-refractivity contribution < 1.29 is 0 Å². The zero-order chi connectivity index (χ0) is 12.6. The first-order chi connectivity index (χ1) is 8.04. The highest BCUT2D eigenvalue weighted by molar-refractivity contribution is 9.10. The first-order valence-corrected chi connectivity index (χ1v) is 7.34. The highest BCUT2D eigenvalue weighted by Crippen LogP contribution is 2.37. The predicted octanol–water partition coefficient (Wildman–Crippen LogP) is 3.86. The molecule has 1 N–H and O–H groups in total. The molecule has 1 aromatic rings. The smallest absolute Gasteiger partial charge is 0.139 e. The molecule has 0 fully saturated rings. The van der Waals surface area contributed by atoms with Gasteiger partial charge in [0.2, 0.25) is 0 Å². The van der Waals surface area contributed by atoms with E-state index in [2.05, 4.69) is 53.6 Å². The molecule has 0 saturated heterocycles. The second-order valence-corrected chi connectivity index (χ2v) is 6.28. The second-order valence-electron chi connectivity index (χ2n) is 5.49. The van der Waals surface area contributed by atoms with Gasteiger partial charge in [0.25, 0.3) is 0 Å². The van der Waals surface area contributed by atoms with Gasteiger partial charge in [0.1, 0.15) is 5.82 Å². The van der Waals surface area contributed by atoms with Crippen molar-refractivity contribution in [3.63, 3.8) is 0 Å². The molecule has 3 nitrogen and oxygen atoms in total. The molecule has 2 heterocycles. The van der Waals surface area contributed by atoms with Gasteiger partial charge in [-0.05, 0) is 40.6 Å². The van der Waals surface area contributed by atoms with Gasteiger partial charge < -0.3 is 5.32 Å². The van der Waals surface area contributed by atoms with Crippen LogP contribution < -0.4 is 5.32 Å². The van der Waals surface area contributed by atoms with Crippen LogP contribution in [-0.2, 0) is 6.42 Å². The molecule has 96 valence electrons. The Bertz CT molecular complexity index is 398. The molecule has 2 atom stereocenters.